The molecule has 0 aliphatic carbocycles. The summed E-state index contributed by atoms with van der Waals surface area (Å²) in [7, 11) is 4.86. The molecule has 0 aliphatic heterocycles. The Morgan fingerprint density at radius 2 is 1.67 bits per heavy atom. The zero-order valence-corrected chi connectivity index (χ0v) is 13.7. The molecule has 0 fully saturated rings. The molecule has 0 aliphatic rings. The Bertz CT molecular complexity index is 398. The highest BCUT2D eigenvalue weighted by atomic mass is 16.5. The van der Waals surface area contributed by atoms with Crippen molar-refractivity contribution in [2.75, 3.05) is 41.1 Å². The van der Waals surface area contributed by atoms with Crippen LogP contribution < -0.4 is 19.5 Å². The summed E-state index contributed by atoms with van der Waals surface area (Å²) in [4.78, 5) is 0. The third kappa shape index (κ3) is 5.10. The van der Waals surface area contributed by atoms with E-state index in [-0.39, 0.29) is 6.04 Å². The van der Waals surface area contributed by atoms with E-state index in [9.17, 15) is 0 Å². The first-order valence-electron chi connectivity index (χ1n) is 7.28. The SMILES string of the molecule is CCOCCCNC(C)c1cc(OC)c(OC)c(OC)c1. The normalized spacial score (nSPS) is 12.0. The van der Waals surface area contributed by atoms with Gasteiger partial charge >= 0.3 is 0 Å². The minimum atomic E-state index is 0.195. The maximum absolute atomic E-state index is 5.37. The summed E-state index contributed by atoms with van der Waals surface area (Å²) in [5.74, 6) is 1.97. The van der Waals surface area contributed by atoms with E-state index in [4.69, 9.17) is 18.9 Å². The van der Waals surface area contributed by atoms with Gasteiger partial charge in [0.1, 0.15) is 0 Å². The Morgan fingerprint density at radius 3 is 2.14 bits per heavy atom. The number of benzene rings is 1. The highest BCUT2D eigenvalue weighted by Crippen LogP contribution is 2.39. The molecule has 0 radical (unpaired) electrons. The van der Waals surface area contributed by atoms with Crippen LogP contribution >= 0.6 is 0 Å². The Labute approximate surface area is 127 Å². The lowest BCUT2D eigenvalue weighted by Gasteiger charge is -2.18. The van der Waals surface area contributed by atoms with Crippen molar-refractivity contribution in [3.8, 4) is 17.2 Å². The molecule has 0 bridgehead atoms. The molecule has 1 aromatic carbocycles. The first kappa shape index (κ1) is 17.6. The van der Waals surface area contributed by atoms with Gasteiger partial charge in [0.25, 0.3) is 0 Å². The summed E-state index contributed by atoms with van der Waals surface area (Å²) in [6, 6.07) is 4.14. The second-order valence-corrected chi connectivity index (χ2v) is 4.68. The van der Waals surface area contributed by atoms with Crippen LogP contribution in [0.5, 0.6) is 17.2 Å². The third-order valence-corrected chi connectivity index (χ3v) is 3.31. The van der Waals surface area contributed by atoms with E-state index in [0.29, 0.717) is 17.2 Å². The summed E-state index contributed by atoms with van der Waals surface area (Å²) in [5.41, 5.74) is 1.10. The zero-order chi connectivity index (χ0) is 15.7. The Balaban J connectivity index is 2.73. The van der Waals surface area contributed by atoms with Gasteiger partial charge in [-0.25, -0.2) is 0 Å². The fourth-order valence-electron chi connectivity index (χ4n) is 2.11. The van der Waals surface area contributed by atoms with Gasteiger partial charge in [-0.05, 0) is 44.5 Å². The minimum Gasteiger partial charge on any atom is -0.493 e. The van der Waals surface area contributed by atoms with Gasteiger partial charge in [0.2, 0.25) is 5.75 Å². The van der Waals surface area contributed by atoms with E-state index in [1.54, 1.807) is 21.3 Å². The predicted molar refractivity (Wildman–Crippen MR) is 83.6 cm³/mol. The first-order chi connectivity index (χ1) is 10.2. The van der Waals surface area contributed by atoms with Crippen LogP contribution in [-0.4, -0.2) is 41.1 Å². The Hall–Kier alpha value is -1.46. The molecule has 1 unspecified atom stereocenters. The van der Waals surface area contributed by atoms with Crippen LogP contribution in [0.3, 0.4) is 0 Å². The lowest BCUT2D eigenvalue weighted by atomic mass is 10.1. The quantitative estimate of drug-likeness (QED) is 0.673. The second-order valence-electron chi connectivity index (χ2n) is 4.68. The smallest absolute Gasteiger partial charge is 0.203 e. The molecule has 0 aromatic heterocycles. The molecule has 1 aromatic rings. The molecule has 5 nitrogen and oxygen atoms in total. The van der Waals surface area contributed by atoms with E-state index < -0.39 is 0 Å². The maximum atomic E-state index is 5.37. The van der Waals surface area contributed by atoms with Crippen molar-refractivity contribution in [3.05, 3.63) is 17.7 Å². The molecule has 0 spiro atoms. The largest absolute Gasteiger partial charge is 0.493 e. The van der Waals surface area contributed by atoms with E-state index in [1.807, 2.05) is 19.1 Å². The van der Waals surface area contributed by atoms with Gasteiger partial charge in [0.05, 0.1) is 21.3 Å². The van der Waals surface area contributed by atoms with Crippen LogP contribution in [0.15, 0.2) is 12.1 Å². The standard InChI is InChI=1S/C16H27NO4/c1-6-21-9-7-8-17-12(2)13-10-14(18-3)16(20-5)15(11-13)19-4/h10-12,17H,6-9H2,1-5H3. The Morgan fingerprint density at radius 1 is 1.05 bits per heavy atom. The van der Waals surface area contributed by atoms with Crippen LogP contribution in [0.1, 0.15) is 31.9 Å². The van der Waals surface area contributed by atoms with Crippen molar-refractivity contribution in [1.82, 2.24) is 5.32 Å². The number of hydrogen-bond acceptors (Lipinski definition) is 5. The van der Waals surface area contributed by atoms with Gasteiger partial charge in [-0.3, -0.25) is 0 Å². The molecule has 0 saturated heterocycles. The van der Waals surface area contributed by atoms with Gasteiger partial charge in [0.15, 0.2) is 11.5 Å². The fraction of sp³-hybridized carbons (Fsp3) is 0.625. The second kappa shape index (κ2) is 9.47. The predicted octanol–water partition coefficient (Wildman–Crippen LogP) is 2.79. The molecule has 5 heteroatoms. The third-order valence-electron chi connectivity index (χ3n) is 3.31. The molecule has 1 rings (SSSR count). The number of nitrogens with one attached hydrogen (secondary N) is 1. The number of ether oxygens (including phenoxy) is 4. The topological polar surface area (TPSA) is 49.0 Å². The molecule has 1 N–H and O–H groups in total. The molecule has 21 heavy (non-hydrogen) atoms. The average Bonchev–Trinajstić information content (AvgIpc) is 2.52. The molecular weight excluding hydrogens is 270 g/mol. The van der Waals surface area contributed by atoms with Gasteiger partial charge in [-0.15, -0.1) is 0 Å². The summed E-state index contributed by atoms with van der Waals surface area (Å²) in [6.45, 7) is 6.57. The molecule has 1 atom stereocenters. The number of hydrogen-bond donors (Lipinski definition) is 1. The van der Waals surface area contributed by atoms with Gasteiger partial charge in [-0.1, -0.05) is 0 Å². The average molecular weight is 297 g/mol. The number of rotatable bonds is 10. The molecule has 120 valence electrons. The van der Waals surface area contributed by atoms with E-state index in [1.165, 1.54) is 0 Å². The van der Waals surface area contributed by atoms with Gasteiger partial charge < -0.3 is 24.3 Å². The van der Waals surface area contributed by atoms with E-state index >= 15 is 0 Å². The summed E-state index contributed by atoms with van der Waals surface area (Å²) < 4.78 is 21.4. The van der Waals surface area contributed by atoms with Crippen LogP contribution in [0.2, 0.25) is 0 Å². The summed E-state index contributed by atoms with van der Waals surface area (Å²) >= 11 is 0. The first-order valence-corrected chi connectivity index (χ1v) is 7.28. The maximum Gasteiger partial charge on any atom is 0.203 e. The van der Waals surface area contributed by atoms with Crippen molar-refractivity contribution < 1.29 is 18.9 Å². The Kier molecular flexibility index (Phi) is 7.93. The van der Waals surface area contributed by atoms with Crippen LogP contribution in [0.4, 0.5) is 0 Å². The van der Waals surface area contributed by atoms with Gasteiger partial charge in [0, 0.05) is 19.3 Å². The highest BCUT2D eigenvalue weighted by molar-refractivity contribution is 5.54. The van der Waals surface area contributed by atoms with Crippen molar-refractivity contribution in [2.45, 2.75) is 26.3 Å². The summed E-state index contributed by atoms with van der Waals surface area (Å²) in [6.07, 6.45) is 0.989. The van der Waals surface area contributed by atoms with E-state index in [0.717, 1.165) is 31.7 Å². The monoisotopic (exact) mass is 297 g/mol. The molecule has 0 amide bonds. The summed E-state index contributed by atoms with van der Waals surface area (Å²) in [5, 5.41) is 3.47. The van der Waals surface area contributed by atoms with Crippen molar-refractivity contribution in [1.29, 1.82) is 0 Å². The molecule has 0 heterocycles. The van der Waals surface area contributed by atoms with Gasteiger partial charge in [-0.2, -0.15) is 0 Å². The highest BCUT2D eigenvalue weighted by Gasteiger charge is 2.15. The molecule has 0 saturated carbocycles. The zero-order valence-electron chi connectivity index (χ0n) is 13.7. The van der Waals surface area contributed by atoms with Crippen LogP contribution in [0, 0.1) is 0 Å². The van der Waals surface area contributed by atoms with Crippen molar-refractivity contribution >= 4 is 0 Å². The van der Waals surface area contributed by atoms with E-state index in [2.05, 4.69) is 12.2 Å². The minimum absolute atomic E-state index is 0.195. The van der Waals surface area contributed by atoms with Crippen LogP contribution in [-0.2, 0) is 4.74 Å². The molecular formula is C16H27NO4. The van der Waals surface area contributed by atoms with Crippen LogP contribution in [0.25, 0.3) is 0 Å². The fourth-order valence-corrected chi connectivity index (χ4v) is 2.11. The lowest BCUT2D eigenvalue weighted by molar-refractivity contribution is 0.144. The lowest BCUT2D eigenvalue weighted by Crippen LogP contribution is -2.21. The number of methoxy groups -OCH3 is 3. The van der Waals surface area contributed by atoms with Crippen molar-refractivity contribution in [3.63, 3.8) is 0 Å². The van der Waals surface area contributed by atoms with Crippen molar-refractivity contribution in [2.24, 2.45) is 0 Å².